The largest absolute Gasteiger partial charge is 0.351 e. The van der Waals surface area contributed by atoms with Crippen LogP contribution in [0.25, 0.3) is 0 Å². The minimum Gasteiger partial charge on any atom is -0.351 e. The van der Waals surface area contributed by atoms with E-state index in [1.807, 2.05) is 19.2 Å². The molecule has 21 heavy (non-hydrogen) atoms. The van der Waals surface area contributed by atoms with Gasteiger partial charge in [0, 0.05) is 30.2 Å². The zero-order valence-electron chi connectivity index (χ0n) is 12.0. The number of carbonyl (C=O) groups excluding carboxylic acids is 1. The number of thiazole rings is 1. The van der Waals surface area contributed by atoms with Crippen LogP contribution in [-0.2, 0) is 6.54 Å². The smallest absolute Gasteiger partial charge is 0.270 e. The molecule has 0 aliphatic rings. The molecule has 0 aliphatic carbocycles. The number of carbonyl (C=O) groups is 1. The van der Waals surface area contributed by atoms with E-state index in [4.69, 9.17) is 0 Å². The van der Waals surface area contributed by atoms with Crippen molar-refractivity contribution in [2.24, 2.45) is 0 Å². The van der Waals surface area contributed by atoms with Crippen LogP contribution in [0.4, 0.5) is 0 Å². The van der Waals surface area contributed by atoms with Crippen molar-refractivity contribution in [2.75, 3.05) is 12.8 Å². The van der Waals surface area contributed by atoms with Gasteiger partial charge in [-0.3, -0.25) is 9.59 Å². The van der Waals surface area contributed by atoms with Crippen LogP contribution in [0.1, 0.15) is 22.6 Å². The molecule has 0 aliphatic heterocycles. The van der Waals surface area contributed by atoms with Gasteiger partial charge in [-0.1, -0.05) is 17.8 Å². The van der Waals surface area contributed by atoms with E-state index in [0.717, 1.165) is 10.0 Å². The Morgan fingerprint density at radius 1 is 1.48 bits per heavy atom. The van der Waals surface area contributed by atoms with Crippen molar-refractivity contribution in [3.8, 4) is 0 Å². The number of thioether (sulfide) groups is 1. The quantitative estimate of drug-likeness (QED) is 0.653. The monoisotopic (exact) mass is 323 g/mol. The average molecular weight is 323 g/mol. The average Bonchev–Trinajstić information content (AvgIpc) is 2.95. The third-order valence-electron chi connectivity index (χ3n) is 3.00. The lowest BCUT2D eigenvalue weighted by atomic mass is 10.3. The molecule has 2 rings (SSSR count). The van der Waals surface area contributed by atoms with Crippen molar-refractivity contribution in [3.05, 3.63) is 45.3 Å². The minimum atomic E-state index is -0.163. The second kappa shape index (κ2) is 7.42. The highest BCUT2D eigenvalue weighted by Gasteiger charge is 2.09. The number of hydrogen-bond donors (Lipinski definition) is 1. The predicted molar refractivity (Wildman–Crippen MR) is 86.3 cm³/mol. The van der Waals surface area contributed by atoms with Gasteiger partial charge < -0.3 is 9.88 Å². The second-order valence-corrected chi connectivity index (χ2v) is 6.38. The fraction of sp³-hybridized carbons (Fsp3) is 0.357. The molecule has 0 saturated carbocycles. The van der Waals surface area contributed by atoms with Crippen LogP contribution in [0.5, 0.6) is 0 Å². The van der Waals surface area contributed by atoms with Gasteiger partial charge in [0.2, 0.25) is 0 Å². The molecular formula is C14H17N3O2S2. The van der Waals surface area contributed by atoms with Crippen molar-refractivity contribution >= 4 is 29.0 Å². The van der Waals surface area contributed by atoms with Crippen molar-refractivity contribution in [1.29, 1.82) is 0 Å². The number of rotatable bonds is 6. The lowest BCUT2D eigenvalue weighted by Crippen LogP contribution is -2.27. The second-order valence-electron chi connectivity index (χ2n) is 4.47. The van der Waals surface area contributed by atoms with E-state index < -0.39 is 0 Å². The van der Waals surface area contributed by atoms with E-state index >= 15 is 0 Å². The van der Waals surface area contributed by atoms with Crippen LogP contribution in [0.2, 0.25) is 0 Å². The molecule has 0 radical (unpaired) electrons. The standard InChI is InChI=1S/C14H17N3O2S2/c1-10-5-3-6-12(18)17(10)8-4-7-15-13(19)11-9-21-14(16-11)20-2/h3,5-6,9H,4,7-8H2,1-2H3,(H,15,19). The molecule has 0 spiro atoms. The summed E-state index contributed by atoms with van der Waals surface area (Å²) in [5.74, 6) is -0.163. The Balaban J connectivity index is 1.82. The normalized spacial score (nSPS) is 10.6. The van der Waals surface area contributed by atoms with E-state index in [1.54, 1.807) is 22.1 Å². The zero-order valence-corrected chi connectivity index (χ0v) is 13.6. The topological polar surface area (TPSA) is 64.0 Å². The van der Waals surface area contributed by atoms with Gasteiger partial charge in [0.05, 0.1) is 0 Å². The maximum absolute atomic E-state index is 11.9. The van der Waals surface area contributed by atoms with Gasteiger partial charge in [-0.15, -0.1) is 11.3 Å². The van der Waals surface area contributed by atoms with Crippen LogP contribution in [0, 0.1) is 6.92 Å². The Morgan fingerprint density at radius 3 is 2.95 bits per heavy atom. The molecule has 1 N–H and O–H groups in total. The van der Waals surface area contributed by atoms with E-state index in [9.17, 15) is 9.59 Å². The van der Waals surface area contributed by atoms with Gasteiger partial charge in [0.25, 0.3) is 11.5 Å². The first kappa shape index (κ1) is 15.8. The van der Waals surface area contributed by atoms with Gasteiger partial charge in [-0.2, -0.15) is 0 Å². The number of nitrogens with one attached hydrogen (secondary N) is 1. The molecule has 0 saturated heterocycles. The summed E-state index contributed by atoms with van der Waals surface area (Å²) >= 11 is 2.99. The molecule has 2 aromatic heterocycles. The van der Waals surface area contributed by atoms with Gasteiger partial charge >= 0.3 is 0 Å². The Morgan fingerprint density at radius 2 is 2.29 bits per heavy atom. The molecule has 7 heteroatoms. The Bertz CT molecular complexity index is 679. The molecule has 0 atom stereocenters. The number of amides is 1. The van der Waals surface area contributed by atoms with Crippen LogP contribution in [-0.4, -0.2) is 28.3 Å². The van der Waals surface area contributed by atoms with Gasteiger partial charge in [0.15, 0.2) is 0 Å². The number of aryl methyl sites for hydroxylation is 1. The molecule has 0 fully saturated rings. The number of nitrogens with zero attached hydrogens (tertiary/aromatic N) is 2. The summed E-state index contributed by atoms with van der Waals surface area (Å²) in [7, 11) is 0. The molecule has 2 heterocycles. The van der Waals surface area contributed by atoms with Crippen molar-refractivity contribution in [3.63, 3.8) is 0 Å². The van der Waals surface area contributed by atoms with Gasteiger partial charge in [-0.25, -0.2) is 4.98 Å². The van der Waals surface area contributed by atoms with Crippen LogP contribution in [0.3, 0.4) is 0 Å². The van der Waals surface area contributed by atoms with E-state index in [0.29, 0.717) is 25.2 Å². The predicted octanol–water partition coefficient (Wildman–Crippen LogP) is 2.16. The summed E-state index contributed by atoms with van der Waals surface area (Å²) in [5, 5.41) is 4.58. The van der Waals surface area contributed by atoms with Crippen LogP contribution >= 0.6 is 23.1 Å². The first-order chi connectivity index (χ1) is 10.1. The highest BCUT2D eigenvalue weighted by molar-refractivity contribution is 8.00. The summed E-state index contributed by atoms with van der Waals surface area (Å²) in [4.78, 5) is 27.8. The molecule has 1 amide bonds. The van der Waals surface area contributed by atoms with Crippen molar-refractivity contribution in [1.82, 2.24) is 14.9 Å². The third kappa shape index (κ3) is 4.18. The first-order valence-corrected chi connectivity index (χ1v) is 8.66. The van der Waals surface area contributed by atoms with Gasteiger partial charge in [-0.05, 0) is 25.7 Å². The summed E-state index contributed by atoms with van der Waals surface area (Å²) in [5.41, 5.74) is 1.38. The highest BCUT2D eigenvalue weighted by atomic mass is 32.2. The lowest BCUT2D eigenvalue weighted by molar-refractivity contribution is 0.0948. The van der Waals surface area contributed by atoms with Gasteiger partial charge in [0.1, 0.15) is 10.0 Å². The Kier molecular flexibility index (Phi) is 5.58. The third-order valence-corrected chi connectivity index (χ3v) is 4.87. The molecule has 0 aromatic carbocycles. The fourth-order valence-electron chi connectivity index (χ4n) is 1.89. The Hall–Kier alpha value is -1.60. The minimum absolute atomic E-state index is 0.00885. The van der Waals surface area contributed by atoms with E-state index in [2.05, 4.69) is 10.3 Å². The molecule has 0 unspecified atom stereocenters. The highest BCUT2D eigenvalue weighted by Crippen LogP contribution is 2.19. The maximum Gasteiger partial charge on any atom is 0.270 e. The fourth-order valence-corrected chi connectivity index (χ4v) is 3.14. The first-order valence-electron chi connectivity index (χ1n) is 6.56. The maximum atomic E-state index is 11.9. The Labute approximate surface area is 131 Å². The summed E-state index contributed by atoms with van der Waals surface area (Å²) < 4.78 is 2.59. The summed E-state index contributed by atoms with van der Waals surface area (Å²) in [6.07, 6.45) is 2.64. The number of pyridine rings is 1. The van der Waals surface area contributed by atoms with Crippen molar-refractivity contribution < 1.29 is 4.79 Å². The SMILES string of the molecule is CSc1nc(C(=O)NCCCn2c(C)cccc2=O)cs1. The lowest BCUT2D eigenvalue weighted by Gasteiger charge is -2.09. The molecule has 5 nitrogen and oxygen atoms in total. The number of hydrogen-bond acceptors (Lipinski definition) is 5. The summed E-state index contributed by atoms with van der Waals surface area (Å²) in [6.45, 7) is 3.02. The van der Waals surface area contributed by atoms with E-state index in [-0.39, 0.29) is 11.5 Å². The molecule has 0 bridgehead atoms. The summed E-state index contributed by atoms with van der Waals surface area (Å²) in [6, 6.07) is 5.20. The molecule has 2 aromatic rings. The van der Waals surface area contributed by atoms with Crippen LogP contribution < -0.4 is 10.9 Å². The van der Waals surface area contributed by atoms with Crippen LogP contribution in [0.15, 0.2) is 32.7 Å². The van der Waals surface area contributed by atoms with Crippen molar-refractivity contribution in [2.45, 2.75) is 24.2 Å². The molecule has 112 valence electrons. The molecular weight excluding hydrogens is 306 g/mol. The van der Waals surface area contributed by atoms with E-state index in [1.165, 1.54) is 23.1 Å². The number of aromatic nitrogens is 2. The zero-order chi connectivity index (χ0) is 15.2.